The highest BCUT2D eigenvalue weighted by atomic mass is 19.4. The fourth-order valence-electron chi connectivity index (χ4n) is 7.94. The summed E-state index contributed by atoms with van der Waals surface area (Å²) in [6.07, 6.45) is -3.50. The number of esters is 1. The Labute approximate surface area is 241 Å². The quantitative estimate of drug-likeness (QED) is 0.262. The van der Waals surface area contributed by atoms with Gasteiger partial charge >= 0.3 is 12.3 Å². The Morgan fingerprint density at radius 2 is 1.67 bits per heavy atom. The van der Waals surface area contributed by atoms with Crippen LogP contribution in [0.5, 0.6) is 11.5 Å². The summed E-state index contributed by atoms with van der Waals surface area (Å²) >= 11 is 0. The molecule has 42 heavy (non-hydrogen) atoms. The third kappa shape index (κ3) is 4.01. The van der Waals surface area contributed by atoms with Gasteiger partial charge in [0.25, 0.3) is 5.91 Å². The Morgan fingerprint density at radius 3 is 2.36 bits per heavy atom. The van der Waals surface area contributed by atoms with E-state index in [1.165, 1.54) is 26.4 Å². The van der Waals surface area contributed by atoms with E-state index in [0.717, 1.165) is 16.7 Å². The zero-order valence-electron chi connectivity index (χ0n) is 23.2. The number of halogens is 3. The van der Waals surface area contributed by atoms with E-state index in [0.29, 0.717) is 24.2 Å². The second kappa shape index (κ2) is 9.93. The van der Waals surface area contributed by atoms with Gasteiger partial charge in [0.15, 0.2) is 0 Å². The maximum Gasteiger partial charge on any atom is 0.573 e. The van der Waals surface area contributed by atoms with Crippen molar-refractivity contribution in [3.05, 3.63) is 102 Å². The molecule has 2 fully saturated rings. The molecule has 1 heterocycles. The summed E-state index contributed by atoms with van der Waals surface area (Å²) in [7, 11) is 2.88. The Hall–Kier alpha value is -4.27. The minimum Gasteiger partial charge on any atom is -0.496 e. The number of amides is 1. The number of fused-ring (bicyclic) bond motifs is 1. The highest BCUT2D eigenvalue weighted by Crippen LogP contribution is 2.69. The molecule has 4 unspecified atom stereocenters. The van der Waals surface area contributed by atoms with Crippen molar-refractivity contribution >= 4 is 17.4 Å². The second-order valence-electron chi connectivity index (χ2n) is 11.2. The number of carbonyl (C=O) groups is 2. The Balaban J connectivity index is 1.48. The van der Waals surface area contributed by atoms with E-state index in [9.17, 15) is 22.8 Å². The van der Waals surface area contributed by atoms with Crippen molar-refractivity contribution in [2.75, 3.05) is 27.3 Å². The number of carbonyl (C=O) groups excluding carboxylic acids is 2. The molecular weight excluding hydrogens is 547 g/mol. The molecule has 7 rings (SSSR count). The molecule has 3 aromatic rings. The third-order valence-electron chi connectivity index (χ3n) is 9.48. The van der Waals surface area contributed by atoms with Gasteiger partial charge in [-0.1, -0.05) is 61.2 Å². The molecular formula is C33H30F3NO5. The first kappa shape index (κ1) is 27.9. The number of hydrogen-bond donors (Lipinski definition) is 0. The zero-order valence-corrected chi connectivity index (χ0v) is 23.2. The lowest BCUT2D eigenvalue weighted by molar-refractivity contribution is -0.274. The first-order valence-corrected chi connectivity index (χ1v) is 13.7. The van der Waals surface area contributed by atoms with Crippen LogP contribution in [0.1, 0.15) is 41.0 Å². The van der Waals surface area contributed by atoms with Gasteiger partial charge in [0.1, 0.15) is 11.5 Å². The molecule has 0 spiro atoms. The standard InChI is InChI=1S/C33H30F3NO5/c1-20(23-8-5-7-11-27(23)40-2)29(38)37-18-28-31(21-12-14-22(15-13-21)42-33(34,35)36)17-16-26(24-9-4-6-10-25(24)31)32(28,19-37)30(39)41-3/h4-15,26,28H,1,16-19H2,2-3H3. The summed E-state index contributed by atoms with van der Waals surface area (Å²) in [5, 5.41) is 0. The maximum atomic E-state index is 14.0. The molecule has 1 aliphatic heterocycles. The predicted molar refractivity (Wildman–Crippen MR) is 149 cm³/mol. The van der Waals surface area contributed by atoms with E-state index < -0.39 is 29.1 Å². The molecule has 4 aliphatic rings. The fraction of sp³-hybridized carbons (Fsp3) is 0.333. The third-order valence-corrected chi connectivity index (χ3v) is 9.48. The average molecular weight is 578 g/mol. The Bertz CT molecular complexity index is 1570. The van der Waals surface area contributed by atoms with Gasteiger partial charge in [-0.25, -0.2) is 0 Å². The minimum atomic E-state index is -4.81. The van der Waals surface area contributed by atoms with Crippen LogP contribution in [-0.2, 0) is 19.7 Å². The van der Waals surface area contributed by atoms with Gasteiger partial charge in [0.05, 0.1) is 19.6 Å². The number of likely N-dealkylation sites (tertiary alicyclic amines) is 1. The van der Waals surface area contributed by atoms with Gasteiger partial charge in [-0.2, -0.15) is 0 Å². The first-order chi connectivity index (χ1) is 20.1. The SMILES string of the molecule is C=C(C(=O)N1CC2C3(c4ccc(OC(F)(F)F)cc4)CCC(c4ccccc43)C2(C(=O)OC)C1)c1ccccc1OC. The van der Waals surface area contributed by atoms with Gasteiger partial charge < -0.3 is 19.1 Å². The smallest absolute Gasteiger partial charge is 0.496 e. The van der Waals surface area contributed by atoms with E-state index in [4.69, 9.17) is 9.47 Å². The van der Waals surface area contributed by atoms with Gasteiger partial charge in [0.2, 0.25) is 0 Å². The number of methoxy groups -OCH3 is 2. The molecule has 0 N–H and O–H groups in total. The molecule has 3 aliphatic carbocycles. The monoisotopic (exact) mass is 577 g/mol. The second-order valence-corrected chi connectivity index (χ2v) is 11.2. The van der Waals surface area contributed by atoms with Crippen molar-refractivity contribution in [1.82, 2.24) is 4.90 Å². The minimum absolute atomic E-state index is 0.132. The summed E-state index contributed by atoms with van der Waals surface area (Å²) in [5.41, 5.74) is 1.79. The van der Waals surface area contributed by atoms with Crippen LogP contribution < -0.4 is 9.47 Å². The fourth-order valence-corrected chi connectivity index (χ4v) is 7.94. The molecule has 6 nitrogen and oxygen atoms in total. The lowest BCUT2D eigenvalue weighted by Gasteiger charge is -2.59. The van der Waals surface area contributed by atoms with Crippen molar-refractivity contribution < 1.29 is 37.0 Å². The number of benzene rings is 3. The molecule has 1 saturated carbocycles. The van der Waals surface area contributed by atoms with Crippen molar-refractivity contribution in [2.24, 2.45) is 11.3 Å². The number of rotatable bonds is 6. The molecule has 2 bridgehead atoms. The summed E-state index contributed by atoms with van der Waals surface area (Å²) in [4.78, 5) is 29.6. The van der Waals surface area contributed by atoms with Gasteiger partial charge in [-0.3, -0.25) is 9.59 Å². The summed E-state index contributed by atoms with van der Waals surface area (Å²) < 4.78 is 53.8. The molecule has 218 valence electrons. The highest BCUT2D eigenvalue weighted by Gasteiger charge is 2.71. The Morgan fingerprint density at radius 1 is 0.976 bits per heavy atom. The van der Waals surface area contributed by atoms with E-state index in [2.05, 4.69) is 11.3 Å². The van der Waals surface area contributed by atoms with Crippen molar-refractivity contribution in [1.29, 1.82) is 0 Å². The van der Waals surface area contributed by atoms with Gasteiger partial charge in [-0.05, 0) is 47.7 Å². The number of nitrogens with zero attached hydrogens (tertiary/aromatic N) is 1. The molecule has 3 aromatic carbocycles. The van der Waals surface area contributed by atoms with Crippen LogP contribution in [0.4, 0.5) is 13.2 Å². The summed E-state index contributed by atoms with van der Waals surface area (Å²) in [5.74, 6) is -1.11. The van der Waals surface area contributed by atoms with Crippen molar-refractivity contribution in [3.8, 4) is 11.5 Å². The normalized spacial score (nSPS) is 25.8. The van der Waals surface area contributed by atoms with Crippen LogP contribution in [0.25, 0.3) is 5.57 Å². The molecule has 0 aromatic heterocycles. The molecule has 1 amide bonds. The summed E-state index contributed by atoms with van der Waals surface area (Å²) in [6.45, 7) is 4.47. The summed E-state index contributed by atoms with van der Waals surface area (Å²) in [6, 6.07) is 20.9. The highest BCUT2D eigenvalue weighted by molar-refractivity contribution is 6.19. The van der Waals surface area contributed by atoms with Crippen LogP contribution in [0.15, 0.2) is 79.4 Å². The molecule has 9 heteroatoms. The number of ether oxygens (including phenoxy) is 3. The topological polar surface area (TPSA) is 65.1 Å². The Kier molecular flexibility index (Phi) is 6.59. The van der Waals surface area contributed by atoms with Crippen molar-refractivity contribution in [2.45, 2.75) is 30.5 Å². The lowest BCUT2D eigenvalue weighted by atomic mass is 9.42. The zero-order chi connectivity index (χ0) is 29.9. The number of para-hydroxylation sites is 1. The average Bonchev–Trinajstić information content (AvgIpc) is 3.43. The van der Waals surface area contributed by atoms with E-state index in [1.807, 2.05) is 24.3 Å². The van der Waals surface area contributed by atoms with E-state index >= 15 is 0 Å². The van der Waals surface area contributed by atoms with E-state index in [1.54, 1.807) is 41.3 Å². The van der Waals surface area contributed by atoms with Crippen LogP contribution in [0.3, 0.4) is 0 Å². The van der Waals surface area contributed by atoms with Crippen LogP contribution >= 0.6 is 0 Å². The molecule has 4 atom stereocenters. The lowest BCUT2D eigenvalue weighted by Crippen LogP contribution is -2.60. The number of alkyl halides is 3. The predicted octanol–water partition coefficient (Wildman–Crippen LogP) is 6.10. The number of hydrogen-bond acceptors (Lipinski definition) is 5. The van der Waals surface area contributed by atoms with Crippen LogP contribution in [0, 0.1) is 11.3 Å². The van der Waals surface area contributed by atoms with Gasteiger partial charge in [0, 0.05) is 41.5 Å². The first-order valence-electron chi connectivity index (χ1n) is 13.7. The van der Waals surface area contributed by atoms with Crippen molar-refractivity contribution in [3.63, 3.8) is 0 Å². The largest absolute Gasteiger partial charge is 0.573 e. The van der Waals surface area contributed by atoms with Crippen LogP contribution in [0.2, 0.25) is 0 Å². The maximum absolute atomic E-state index is 14.0. The molecule has 0 radical (unpaired) electrons. The van der Waals surface area contributed by atoms with Crippen LogP contribution in [-0.4, -0.2) is 50.4 Å². The molecule has 1 saturated heterocycles. The van der Waals surface area contributed by atoms with E-state index in [-0.39, 0.29) is 36.2 Å². The van der Waals surface area contributed by atoms with Gasteiger partial charge in [-0.15, -0.1) is 13.2 Å².